The molecule has 1 aliphatic heterocycles. The number of aromatic nitrogens is 3. The van der Waals surface area contributed by atoms with Crippen LogP contribution in [0.2, 0.25) is 10.0 Å². The van der Waals surface area contributed by atoms with Crippen LogP contribution in [0.4, 0.5) is 5.69 Å². The van der Waals surface area contributed by atoms with Gasteiger partial charge in [-0.25, -0.2) is 9.97 Å². The Labute approximate surface area is 190 Å². The van der Waals surface area contributed by atoms with Gasteiger partial charge in [-0.3, -0.25) is 4.79 Å². The number of carbonyl (C=O) groups is 1. The Morgan fingerprint density at radius 1 is 1.29 bits per heavy atom. The Kier molecular flexibility index (Phi) is 6.07. The van der Waals surface area contributed by atoms with Crippen LogP contribution >= 0.6 is 23.2 Å². The molecule has 0 saturated carbocycles. The highest BCUT2D eigenvalue weighted by molar-refractivity contribution is 6.36. The van der Waals surface area contributed by atoms with Gasteiger partial charge in [0, 0.05) is 35.8 Å². The first-order chi connectivity index (χ1) is 14.9. The van der Waals surface area contributed by atoms with E-state index < -0.39 is 0 Å². The minimum atomic E-state index is -0.255. The van der Waals surface area contributed by atoms with E-state index in [0.29, 0.717) is 28.0 Å². The van der Waals surface area contributed by atoms with Crippen molar-refractivity contribution in [3.05, 3.63) is 63.9 Å². The lowest BCUT2D eigenvalue weighted by Gasteiger charge is -2.17. The van der Waals surface area contributed by atoms with Crippen LogP contribution in [0.25, 0.3) is 5.69 Å². The fourth-order valence-corrected chi connectivity index (χ4v) is 4.50. The van der Waals surface area contributed by atoms with E-state index in [4.69, 9.17) is 27.9 Å². The SMILES string of the molecule is COc1cc(C(=O)NCCC2c3cc(Cl)cc(Cl)c3NC2C)ncc1-n1cnc(C)c1. The van der Waals surface area contributed by atoms with E-state index >= 15 is 0 Å². The number of amides is 1. The summed E-state index contributed by atoms with van der Waals surface area (Å²) >= 11 is 12.5. The Bertz CT molecular complexity index is 1130. The van der Waals surface area contributed by atoms with Crippen LogP contribution in [-0.2, 0) is 0 Å². The van der Waals surface area contributed by atoms with E-state index in [-0.39, 0.29) is 17.9 Å². The molecule has 0 aliphatic carbocycles. The summed E-state index contributed by atoms with van der Waals surface area (Å²) in [6.07, 6.45) is 5.90. The van der Waals surface area contributed by atoms with Gasteiger partial charge in [0.25, 0.3) is 5.91 Å². The number of aryl methyl sites for hydroxylation is 1. The van der Waals surface area contributed by atoms with E-state index in [9.17, 15) is 4.79 Å². The molecule has 2 unspecified atom stereocenters. The molecule has 9 heteroatoms. The molecule has 1 amide bonds. The van der Waals surface area contributed by atoms with Crippen molar-refractivity contribution in [3.8, 4) is 11.4 Å². The lowest BCUT2D eigenvalue weighted by molar-refractivity contribution is 0.0947. The van der Waals surface area contributed by atoms with E-state index in [1.807, 2.05) is 23.8 Å². The second-order valence-corrected chi connectivity index (χ2v) is 8.44. The lowest BCUT2D eigenvalue weighted by Crippen LogP contribution is -2.28. The van der Waals surface area contributed by atoms with Gasteiger partial charge in [0.15, 0.2) is 0 Å². The minimum Gasteiger partial charge on any atom is -0.494 e. The molecule has 2 atom stereocenters. The van der Waals surface area contributed by atoms with Crippen LogP contribution in [0, 0.1) is 6.92 Å². The molecule has 31 heavy (non-hydrogen) atoms. The molecule has 0 fully saturated rings. The van der Waals surface area contributed by atoms with Gasteiger partial charge in [-0.2, -0.15) is 0 Å². The smallest absolute Gasteiger partial charge is 0.270 e. The highest BCUT2D eigenvalue weighted by Gasteiger charge is 2.30. The van der Waals surface area contributed by atoms with Crippen molar-refractivity contribution >= 4 is 34.8 Å². The number of hydrogen-bond acceptors (Lipinski definition) is 5. The van der Waals surface area contributed by atoms with Gasteiger partial charge in [-0.05, 0) is 38.0 Å². The van der Waals surface area contributed by atoms with E-state index in [1.54, 1.807) is 31.8 Å². The number of rotatable bonds is 6. The van der Waals surface area contributed by atoms with Gasteiger partial charge in [-0.1, -0.05) is 23.2 Å². The molecule has 2 N–H and O–H groups in total. The third kappa shape index (κ3) is 4.34. The number of anilines is 1. The van der Waals surface area contributed by atoms with Gasteiger partial charge >= 0.3 is 0 Å². The van der Waals surface area contributed by atoms with Crippen LogP contribution in [0.1, 0.15) is 41.0 Å². The molecule has 0 radical (unpaired) electrons. The van der Waals surface area contributed by atoms with Gasteiger partial charge in [0.1, 0.15) is 17.1 Å². The minimum absolute atomic E-state index is 0.194. The normalized spacial score (nSPS) is 17.2. The summed E-state index contributed by atoms with van der Waals surface area (Å²) in [5.74, 6) is 0.486. The molecule has 3 aromatic rings. The Morgan fingerprint density at radius 3 is 2.81 bits per heavy atom. The number of nitrogens with zero attached hydrogens (tertiary/aromatic N) is 3. The maximum absolute atomic E-state index is 12.7. The predicted molar refractivity (Wildman–Crippen MR) is 122 cm³/mol. The van der Waals surface area contributed by atoms with Crippen molar-refractivity contribution in [3.63, 3.8) is 0 Å². The standard InChI is InChI=1S/C22H23Cl2N5O2/c1-12-10-29(11-27-12)19-9-26-18(8-20(19)31-3)22(30)25-5-4-15-13(2)28-21-16(15)6-14(23)7-17(21)24/h6-11,13,15,28H,4-5H2,1-3H3,(H,25,30). The summed E-state index contributed by atoms with van der Waals surface area (Å²) in [5.41, 5.74) is 3.90. The van der Waals surface area contributed by atoms with Crippen molar-refractivity contribution in [1.29, 1.82) is 0 Å². The number of imidazole rings is 1. The third-order valence-corrected chi connectivity index (χ3v) is 6.01. The van der Waals surface area contributed by atoms with Crippen LogP contribution in [0.5, 0.6) is 5.75 Å². The molecule has 0 spiro atoms. The van der Waals surface area contributed by atoms with Crippen molar-refractivity contribution in [2.75, 3.05) is 19.0 Å². The largest absolute Gasteiger partial charge is 0.494 e. The number of carbonyl (C=O) groups excluding carboxylic acids is 1. The first-order valence-electron chi connectivity index (χ1n) is 9.96. The summed E-state index contributed by atoms with van der Waals surface area (Å²) in [7, 11) is 1.56. The van der Waals surface area contributed by atoms with Gasteiger partial charge < -0.3 is 19.9 Å². The first-order valence-corrected chi connectivity index (χ1v) is 10.7. The molecule has 7 nitrogen and oxygen atoms in total. The van der Waals surface area contributed by atoms with Crippen molar-refractivity contribution in [2.24, 2.45) is 0 Å². The zero-order valence-electron chi connectivity index (χ0n) is 17.4. The fourth-order valence-electron chi connectivity index (χ4n) is 3.94. The molecule has 0 bridgehead atoms. The second-order valence-electron chi connectivity index (χ2n) is 7.60. The maximum Gasteiger partial charge on any atom is 0.270 e. The molecular formula is C22H23Cl2N5O2. The average molecular weight is 460 g/mol. The van der Waals surface area contributed by atoms with Crippen LogP contribution in [0.15, 0.2) is 36.9 Å². The van der Waals surface area contributed by atoms with E-state index in [2.05, 4.69) is 27.5 Å². The summed E-state index contributed by atoms with van der Waals surface area (Å²) < 4.78 is 7.27. The van der Waals surface area contributed by atoms with Gasteiger partial charge in [0.2, 0.25) is 0 Å². The Hall–Kier alpha value is -2.77. The first kappa shape index (κ1) is 21.5. The lowest BCUT2D eigenvalue weighted by atomic mass is 9.92. The number of hydrogen-bond donors (Lipinski definition) is 2. The monoisotopic (exact) mass is 459 g/mol. The second kappa shape index (κ2) is 8.77. The number of methoxy groups -OCH3 is 1. The van der Waals surface area contributed by atoms with Gasteiger partial charge in [-0.15, -0.1) is 0 Å². The summed E-state index contributed by atoms with van der Waals surface area (Å²) in [5, 5.41) is 7.59. The topological polar surface area (TPSA) is 81.1 Å². The quantitative estimate of drug-likeness (QED) is 0.562. The highest BCUT2D eigenvalue weighted by atomic mass is 35.5. The predicted octanol–water partition coefficient (Wildman–Crippen LogP) is 4.61. The highest BCUT2D eigenvalue weighted by Crippen LogP contribution is 2.43. The number of ether oxygens (including phenoxy) is 1. The molecule has 0 saturated heterocycles. The molecule has 162 valence electrons. The molecule has 2 aromatic heterocycles. The number of fused-ring (bicyclic) bond motifs is 1. The maximum atomic E-state index is 12.7. The van der Waals surface area contributed by atoms with Crippen molar-refractivity contribution in [2.45, 2.75) is 32.2 Å². The summed E-state index contributed by atoms with van der Waals surface area (Å²) in [4.78, 5) is 21.2. The third-order valence-electron chi connectivity index (χ3n) is 5.49. The van der Waals surface area contributed by atoms with Crippen molar-refractivity contribution < 1.29 is 9.53 Å². The van der Waals surface area contributed by atoms with E-state index in [0.717, 1.165) is 29.1 Å². The summed E-state index contributed by atoms with van der Waals surface area (Å²) in [6.45, 7) is 4.49. The average Bonchev–Trinajstić information content (AvgIpc) is 3.31. The fraction of sp³-hybridized carbons (Fsp3) is 0.318. The van der Waals surface area contributed by atoms with Crippen LogP contribution < -0.4 is 15.4 Å². The van der Waals surface area contributed by atoms with E-state index in [1.165, 1.54) is 0 Å². The molecule has 3 heterocycles. The molecule has 1 aromatic carbocycles. The van der Waals surface area contributed by atoms with Gasteiger partial charge in [0.05, 0.1) is 36.0 Å². The molecule has 4 rings (SSSR count). The molecular weight excluding hydrogens is 437 g/mol. The molecule has 1 aliphatic rings. The number of nitrogens with one attached hydrogen (secondary N) is 2. The zero-order valence-corrected chi connectivity index (χ0v) is 19.0. The number of pyridine rings is 1. The zero-order chi connectivity index (χ0) is 22.1. The summed E-state index contributed by atoms with van der Waals surface area (Å²) in [6, 6.07) is 5.50. The van der Waals surface area contributed by atoms with Crippen molar-refractivity contribution in [1.82, 2.24) is 19.9 Å². The number of halogens is 2. The number of benzene rings is 1. The van der Waals surface area contributed by atoms with Crippen LogP contribution in [0.3, 0.4) is 0 Å². The van der Waals surface area contributed by atoms with Crippen LogP contribution in [-0.4, -0.2) is 40.1 Å². The Morgan fingerprint density at radius 2 is 2.10 bits per heavy atom. The Balaban J connectivity index is 1.43.